The first-order valence-electron chi connectivity index (χ1n) is 9.46. The molecule has 1 aliphatic heterocycles. The second-order valence-electron chi connectivity index (χ2n) is 7.42. The number of nitrogens with zero attached hydrogens (tertiary/aromatic N) is 1. The molecule has 2 N–H and O–H groups in total. The number of hydrogen-bond acceptors (Lipinski definition) is 5. The number of benzene rings is 2. The Balaban J connectivity index is 1.74. The zero-order valence-electron chi connectivity index (χ0n) is 17.0. The molecular formula is C20H25N3O5S2. The van der Waals surface area contributed by atoms with Crippen molar-refractivity contribution in [3.8, 4) is 0 Å². The molecule has 0 aromatic heterocycles. The molecule has 0 radical (unpaired) electrons. The van der Waals surface area contributed by atoms with E-state index in [1.165, 1.54) is 28.6 Å². The van der Waals surface area contributed by atoms with Gasteiger partial charge in [-0.2, -0.15) is 4.31 Å². The molecule has 1 aliphatic rings. The van der Waals surface area contributed by atoms with Gasteiger partial charge in [-0.05, 0) is 62.1 Å². The molecule has 1 saturated heterocycles. The van der Waals surface area contributed by atoms with Crippen LogP contribution in [0.1, 0.15) is 24.0 Å². The van der Waals surface area contributed by atoms with Gasteiger partial charge in [-0.3, -0.25) is 9.52 Å². The molecule has 1 fully saturated rings. The number of amides is 1. The number of carbonyl (C=O) groups is 1. The summed E-state index contributed by atoms with van der Waals surface area (Å²) < 4.78 is 52.9. The van der Waals surface area contributed by atoms with Gasteiger partial charge in [0.25, 0.3) is 10.0 Å². The van der Waals surface area contributed by atoms with E-state index in [1.807, 2.05) is 32.0 Å². The number of aryl methyl sites for hydroxylation is 2. The van der Waals surface area contributed by atoms with Crippen LogP contribution in [0, 0.1) is 13.8 Å². The largest absolute Gasteiger partial charge is 0.325 e. The van der Waals surface area contributed by atoms with Crippen LogP contribution in [0.5, 0.6) is 0 Å². The highest BCUT2D eigenvalue weighted by molar-refractivity contribution is 7.92. The summed E-state index contributed by atoms with van der Waals surface area (Å²) in [5.41, 5.74) is 2.56. The van der Waals surface area contributed by atoms with Crippen molar-refractivity contribution in [3.05, 3.63) is 53.6 Å². The van der Waals surface area contributed by atoms with Crippen LogP contribution in [-0.4, -0.2) is 45.9 Å². The Bertz CT molecular complexity index is 1140. The number of para-hydroxylation sites is 1. The maximum absolute atomic E-state index is 12.7. The van der Waals surface area contributed by atoms with Gasteiger partial charge in [-0.25, -0.2) is 16.8 Å². The second-order valence-corrected chi connectivity index (χ2v) is 11.0. The van der Waals surface area contributed by atoms with Crippen LogP contribution >= 0.6 is 0 Å². The highest BCUT2D eigenvalue weighted by Gasteiger charge is 2.36. The molecule has 3 rings (SSSR count). The van der Waals surface area contributed by atoms with E-state index in [-0.39, 0.29) is 4.90 Å². The van der Waals surface area contributed by atoms with Gasteiger partial charge in [0.15, 0.2) is 0 Å². The summed E-state index contributed by atoms with van der Waals surface area (Å²) in [5.74, 6) is -0.429. The van der Waals surface area contributed by atoms with Crippen LogP contribution in [0.3, 0.4) is 0 Å². The molecule has 162 valence electrons. The summed E-state index contributed by atoms with van der Waals surface area (Å²) in [6.45, 7) is 3.97. The van der Waals surface area contributed by atoms with Crippen molar-refractivity contribution >= 4 is 37.3 Å². The Labute approximate surface area is 177 Å². The number of nitrogens with one attached hydrogen (secondary N) is 2. The van der Waals surface area contributed by atoms with Crippen LogP contribution in [-0.2, 0) is 24.8 Å². The highest BCUT2D eigenvalue weighted by Crippen LogP contribution is 2.25. The molecule has 0 spiro atoms. The second kappa shape index (κ2) is 8.37. The van der Waals surface area contributed by atoms with E-state index >= 15 is 0 Å². The van der Waals surface area contributed by atoms with E-state index in [2.05, 4.69) is 10.0 Å². The average molecular weight is 452 g/mol. The maximum Gasteiger partial charge on any atom is 0.261 e. The number of rotatable bonds is 6. The van der Waals surface area contributed by atoms with E-state index in [4.69, 9.17) is 0 Å². The van der Waals surface area contributed by atoms with Gasteiger partial charge >= 0.3 is 0 Å². The van der Waals surface area contributed by atoms with E-state index in [1.54, 1.807) is 0 Å². The third-order valence-corrected chi connectivity index (χ3v) is 7.74. The third-order valence-electron chi connectivity index (χ3n) is 5.08. The topological polar surface area (TPSA) is 113 Å². The molecule has 1 amide bonds. The molecule has 1 unspecified atom stereocenters. The van der Waals surface area contributed by atoms with Crippen molar-refractivity contribution in [1.82, 2.24) is 4.31 Å². The number of anilines is 2. The lowest BCUT2D eigenvalue weighted by molar-refractivity contribution is -0.119. The van der Waals surface area contributed by atoms with Crippen molar-refractivity contribution in [2.24, 2.45) is 0 Å². The Hall–Kier alpha value is -2.43. The Morgan fingerprint density at radius 1 is 1.00 bits per heavy atom. The van der Waals surface area contributed by atoms with Crippen LogP contribution in [0.4, 0.5) is 11.4 Å². The maximum atomic E-state index is 12.7. The molecular weight excluding hydrogens is 426 g/mol. The summed E-state index contributed by atoms with van der Waals surface area (Å²) in [6, 6.07) is 10.5. The molecule has 2 aromatic rings. The highest BCUT2D eigenvalue weighted by atomic mass is 32.2. The number of carbonyl (C=O) groups excluding carboxylic acids is 1. The Morgan fingerprint density at radius 2 is 1.60 bits per heavy atom. The fraction of sp³-hybridized carbons (Fsp3) is 0.350. The Kier molecular flexibility index (Phi) is 6.21. The molecule has 2 aromatic carbocycles. The van der Waals surface area contributed by atoms with Crippen LogP contribution in [0.25, 0.3) is 0 Å². The summed E-state index contributed by atoms with van der Waals surface area (Å²) in [6.07, 6.45) is 2.15. The van der Waals surface area contributed by atoms with Crippen LogP contribution in [0.2, 0.25) is 0 Å². The normalized spacial score (nSPS) is 17.6. The van der Waals surface area contributed by atoms with E-state index in [9.17, 15) is 21.6 Å². The molecule has 1 heterocycles. The minimum atomic E-state index is -3.80. The van der Waals surface area contributed by atoms with Crippen molar-refractivity contribution in [2.45, 2.75) is 37.6 Å². The van der Waals surface area contributed by atoms with Crippen molar-refractivity contribution in [1.29, 1.82) is 0 Å². The first-order chi connectivity index (χ1) is 14.0. The van der Waals surface area contributed by atoms with Gasteiger partial charge in [-0.1, -0.05) is 18.2 Å². The monoisotopic (exact) mass is 451 g/mol. The summed E-state index contributed by atoms with van der Waals surface area (Å²) in [7, 11) is -7.26. The minimum absolute atomic E-state index is 0.0572. The summed E-state index contributed by atoms with van der Waals surface area (Å²) >= 11 is 0. The van der Waals surface area contributed by atoms with Gasteiger partial charge < -0.3 is 5.32 Å². The number of hydrogen-bond donors (Lipinski definition) is 2. The van der Waals surface area contributed by atoms with Gasteiger partial charge in [-0.15, -0.1) is 0 Å². The average Bonchev–Trinajstić information content (AvgIpc) is 3.16. The summed E-state index contributed by atoms with van der Waals surface area (Å²) in [4.78, 5) is 12.6. The standard InChI is InChI=1S/C20H25N3O5S2/c1-14-6-4-7-15(2)19(14)22-30(27,28)17-11-9-16(10-12-17)21-20(24)18-8-5-13-23(18)29(3,25)26/h4,6-7,9-12,18,22H,5,8,13H2,1-3H3,(H,21,24). The van der Waals surface area contributed by atoms with E-state index < -0.39 is 32.0 Å². The van der Waals surface area contributed by atoms with Gasteiger partial charge in [0.05, 0.1) is 16.8 Å². The van der Waals surface area contributed by atoms with E-state index in [0.717, 1.165) is 17.4 Å². The van der Waals surface area contributed by atoms with Gasteiger partial charge in [0.2, 0.25) is 15.9 Å². The smallest absolute Gasteiger partial charge is 0.261 e. The fourth-order valence-electron chi connectivity index (χ4n) is 3.51. The molecule has 8 nitrogen and oxygen atoms in total. The van der Waals surface area contributed by atoms with E-state index in [0.29, 0.717) is 30.8 Å². The van der Waals surface area contributed by atoms with Crippen molar-refractivity contribution in [3.63, 3.8) is 0 Å². The quantitative estimate of drug-likeness (QED) is 0.701. The predicted molar refractivity (Wildman–Crippen MR) is 116 cm³/mol. The third kappa shape index (κ3) is 4.82. The molecule has 1 atom stereocenters. The fourth-order valence-corrected chi connectivity index (χ4v) is 5.84. The zero-order chi connectivity index (χ0) is 22.1. The SMILES string of the molecule is Cc1cccc(C)c1NS(=O)(=O)c1ccc(NC(=O)C2CCCN2S(C)(=O)=O)cc1. The molecule has 0 bridgehead atoms. The molecule has 10 heteroatoms. The van der Waals surface area contributed by atoms with Crippen molar-refractivity contribution < 1.29 is 21.6 Å². The lowest BCUT2D eigenvalue weighted by Crippen LogP contribution is -2.42. The molecule has 0 aliphatic carbocycles. The minimum Gasteiger partial charge on any atom is -0.325 e. The van der Waals surface area contributed by atoms with Crippen LogP contribution < -0.4 is 10.0 Å². The predicted octanol–water partition coefficient (Wildman–Crippen LogP) is 2.47. The van der Waals surface area contributed by atoms with Gasteiger partial charge in [0.1, 0.15) is 6.04 Å². The molecule has 30 heavy (non-hydrogen) atoms. The van der Waals surface area contributed by atoms with Gasteiger partial charge in [0, 0.05) is 12.2 Å². The Morgan fingerprint density at radius 3 is 2.17 bits per heavy atom. The number of sulfonamides is 2. The first-order valence-corrected chi connectivity index (χ1v) is 12.8. The zero-order valence-corrected chi connectivity index (χ0v) is 18.7. The summed E-state index contributed by atoms with van der Waals surface area (Å²) in [5, 5.41) is 2.67. The molecule has 0 saturated carbocycles. The lowest BCUT2D eigenvalue weighted by Gasteiger charge is -2.21. The van der Waals surface area contributed by atoms with Crippen molar-refractivity contribution in [2.75, 3.05) is 22.8 Å². The first kappa shape index (κ1) is 22.3. The van der Waals surface area contributed by atoms with Crippen LogP contribution in [0.15, 0.2) is 47.4 Å². The lowest BCUT2D eigenvalue weighted by atomic mass is 10.1.